The fourth-order valence-corrected chi connectivity index (χ4v) is 5.71. The van der Waals surface area contributed by atoms with Crippen LogP contribution >= 0.6 is 0 Å². The van der Waals surface area contributed by atoms with Crippen LogP contribution in [0.3, 0.4) is 0 Å². The number of carbonyl (C=O) groups excluding carboxylic acids is 2. The summed E-state index contributed by atoms with van der Waals surface area (Å²) in [6.45, 7) is 2.33. The number of carbonyl (C=O) groups is 2. The van der Waals surface area contributed by atoms with Crippen molar-refractivity contribution in [1.29, 1.82) is 0 Å². The van der Waals surface area contributed by atoms with Crippen molar-refractivity contribution in [2.45, 2.75) is 37.1 Å². The first-order chi connectivity index (χ1) is 14.9. The molecule has 9 heteroatoms. The minimum atomic E-state index is -3.78. The molecular formula is C22H28N4O4S. The van der Waals surface area contributed by atoms with Gasteiger partial charge in [-0.3, -0.25) is 9.59 Å². The highest BCUT2D eigenvalue weighted by Crippen LogP contribution is 2.25. The summed E-state index contributed by atoms with van der Waals surface area (Å²) in [6.07, 6.45) is 4.58. The van der Waals surface area contributed by atoms with E-state index >= 15 is 0 Å². The molecule has 0 unspecified atom stereocenters. The number of rotatable bonds is 6. The van der Waals surface area contributed by atoms with Crippen LogP contribution in [0.1, 0.15) is 41.7 Å². The van der Waals surface area contributed by atoms with E-state index in [9.17, 15) is 18.0 Å². The maximum atomic E-state index is 13.1. The smallest absolute Gasteiger partial charge is 0.270 e. The molecule has 2 amide bonds. The number of amides is 2. The summed E-state index contributed by atoms with van der Waals surface area (Å²) < 4.78 is 27.6. The molecule has 0 spiro atoms. The molecule has 2 aliphatic rings. The number of piperidine rings is 1. The van der Waals surface area contributed by atoms with Crippen LogP contribution in [0.4, 0.5) is 0 Å². The van der Waals surface area contributed by atoms with E-state index in [2.05, 4.69) is 10.3 Å². The van der Waals surface area contributed by atoms with Crippen LogP contribution in [0.2, 0.25) is 0 Å². The lowest BCUT2D eigenvalue weighted by molar-refractivity contribution is -0.126. The quantitative estimate of drug-likeness (QED) is 0.711. The summed E-state index contributed by atoms with van der Waals surface area (Å²) in [5, 5.41) is 2.91. The number of aromatic nitrogens is 1. The Bertz CT molecular complexity index is 1030. The molecule has 0 bridgehead atoms. The molecule has 0 aliphatic carbocycles. The maximum absolute atomic E-state index is 13.1. The van der Waals surface area contributed by atoms with Gasteiger partial charge < -0.3 is 15.2 Å². The molecule has 3 heterocycles. The van der Waals surface area contributed by atoms with Crippen LogP contribution in [0, 0.1) is 5.92 Å². The molecule has 8 nitrogen and oxygen atoms in total. The van der Waals surface area contributed by atoms with E-state index in [0.717, 1.165) is 18.4 Å². The van der Waals surface area contributed by atoms with E-state index < -0.39 is 15.9 Å². The highest BCUT2D eigenvalue weighted by molar-refractivity contribution is 7.89. The number of nitrogens with zero attached hydrogens (tertiary/aromatic N) is 2. The number of H-pyrrole nitrogens is 1. The molecule has 2 aliphatic heterocycles. The number of hydrogen-bond acceptors (Lipinski definition) is 4. The van der Waals surface area contributed by atoms with Crippen LogP contribution in [0.25, 0.3) is 0 Å². The first-order valence-corrected chi connectivity index (χ1v) is 12.2. The second kappa shape index (κ2) is 9.23. The Morgan fingerprint density at radius 3 is 2.55 bits per heavy atom. The summed E-state index contributed by atoms with van der Waals surface area (Å²) in [6, 6.07) is 11.0. The average molecular weight is 445 g/mol. The third-order valence-corrected chi connectivity index (χ3v) is 7.83. The summed E-state index contributed by atoms with van der Waals surface area (Å²) in [5.41, 5.74) is 1.29. The average Bonchev–Trinajstić information content (AvgIpc) is 3.51. The van der Waals surface area contributed by atoms with Gasteiger partial charge in [0.25, 0.3) is 5.91 Å². The molecule has 1 aromatic carbocycles. The minimum Gasteiger partial charge on any atom is -0.356 e. The zero-order valence-electron chi connectivity index (χ0n) is 17.4. The maximum Gasteiger partial charge on any atom is 0.270 e. The zero-order chi connectivity index (χ0) is 21.8. The molecule has 2 saturated heterocycles. The molecule has 2 fully saturated rings. The van der Waals surface area contributed by atoms with Crippen LogP contribution in [0.5, 0.6) is 0 Å². The Labute approximate surface area is 182 Å². The number of likely N-dealkylation sites (tertiary alicyclic amines) is 1. The van der Waals surface area contributed by atoms with Gasteiger partial charge in [0.1, 0.15) is 10.6 Å². The fraction of sp³-hybridized carbons (Fsp3) is 0.455. The zero-order valence-corrected chi connectivity index (χ0v) is 18.2. The lowest BCUT2D eigenvalue weighted by atomic mass is 9.99. The van der Waals surface area contributed by atoms with Crippen molar-refractivity contribution >= 4 is 21.8 Å². The number of benzene rings is 1. The number of sulfonamides is 1. The second-order valence-corrected chi connectivity index (χ2v) is 10.1. The topological polar surface area (TPSA) is 103 Å². The summed E-state index contributed by atoms with van der Waals surface area (Å²) in [4.78, 5) is 29.8. The molecule has 0 radical (unpaired) electrons. The molecule has 0 saturated carbocycles. The van der Waals surface area contributed by atoms with Crippen molar-refractivity contribution in [3.63, 3.8) is 0 Å². The van der Waals surface area contributed by atoms with Crippen molar-refractivity contribution in [3.8, 4) is 0 Å². The van der Waals surface area contributed by atoms with E-state index in [1.54, 1.807) is 4.90 Å². The van der Waals surface area contributed by atoms with Gasteiger partial charge in [-0.05, 0) is 37.3 Å². The monoisotopic (exact) mass is 444 g/mol. The minimum absolute atomic E-state index is 0.0698. The molecule has 166 valence electrons. The van der Waals surface area contributed by atoms with Gasteiger partial charge in [0.15, 0.2) is 0 Å². The van der Waals surface area contributed by atoms with E-state index in [0.29, 0.717) is 39.0 Å². The third-order valence-electron chi connectivity index (χ3n) is 5.98. The predicted molar refractivity (Wildman–Crippen MR) is 116 cm³/mol. The van der Waals surface area contributed by atoms with Crippen LogP contribution in [0.15, 0.2) is 47.5 Å². The molecule has 1 atom stereocenters. The Morgan fingerprint density at radius 1 is 1.06 bits per heavy atom. The number of nitrogens with one attached hydrogen (secondary N) is 2. The van der Waals surface area contributed by atoms with E-state index in [1.165, 1.54) is 16.6 Å². The molecule has 2 aromatic rings. The third kappa shape index (κ3) is 4.83. The molecule has 31 heavy (non-hydrogen) atoms. The van der Waals surface area contributed by atoms with Crippen molar-refractivity contribution in [1.82, 2.24) is 19.5 Å². The van der Waals surface area contributed by atoms with Gasteiger partial charge in [-0.15, -0.1) is 0 Å². The second-order valence-electron chi connectivity index (χ2n) is 8.15. The van der Waals surface area contributed by atoms with Gasteiger partial charge in [-0.25, -0.2) is 8.42 Å². The lowest BCUT2D eigenvalue weighted by Crippen LogP contribution is -2.45. The van der Waals surface area contributed by atoms with Gasteiger partial charge in [-0.1, -0.05) is 30.3 Å². The molecule has 1 aromatic heterocycles. The van der Waals surface area contributed by atoms with Gasteiger partial charge in [0.2, 0.25) is 15.9 Å². The number of aromatic amines is 1. The SMILES string of the molecule is O=C(NCc1ccccc1)[C@@H]1CCCN(S(=O)(=O)c2c[nH]c(C(=O)N3CCCC3)c2)C1. The van der Waals surface area contributed by atoms with E-state index in [4.69, 9.17) is 0 Å². The predicted octanol–water partition coefficient (Wildman–Crippen LogP) is 1.97. The van der Waals surface area contributed by atoms with Gasteiger partial charge in [0, 0.05) is 38.9 Å². The largest absolute Gasteiger partial charge is 0.356 e. The first kappa shape index (κ1) is 21.6. The van der Waals surface area contributed by atoms with Crippen molar-refractivity contribution in [2.24, 2.45) is 5.92 Å². The standard InChI is InChI=1S/C22H28N4O4S/c27-21(24-14-17-7-2-1-3-8-17)18-9-6-12-26(16-18)31(29,30)19-13-20(23-15-19)22(28)25-10-4-5-11-25/h1-3,7-8,13,15,18,23H,4-6,9-12,14,16H2,(H,24,27)/t18-/m1/s1. The normalized spacial score (nSPS) is 20.0. The summed E-state index contributed by atoms with van der Waals surface area (Å²) in [5.74, 6) is -0.699. The van der Waals surface area contributed by atoms with E-state index in [1.807, 2.05) is 30.3 Å². The van der Waals surface area contributed by atoms with Crippen molar-refractivity contribution in [2.75, 3.05) is 26.2 Å². The van der Waals surface area contributed by atoms with Crippen LogP contribution in [-0.4, -0.2) is 60.6 Å². The van der Waals surface area contributed by atoms with Gasteiger partial charge in [-0.2, -0.15) is 4.31 Å². The Hall–Kier alpha value is -2.65. The molecule has 2 N–H and O–H groups in total. The van der Waals surface area contributed by atoms with Crippen LogP contribution < -0.4 is 5.32 Å². The van der Waals surface area contributed by atoms with E-state index in [-0.39, 0.29) is 28.9 Å². The van der Waals surface area contributed by atoms with Crippen LogP contribution in [-0.2, 0) is 21.4 Å². The lowest BCUT2D eigenvalue weighted by Gasteiger charge is -2.31. The van der Waals surface area contributed by atoms with Gasteiger partial charge in [0.05, 0.1) is 5.92 Å². The summed E-state index contributed by atoms with van der Waals surface area (Å²) in [7, 11) is -3.78. The first-order valence-electron chi connectivity index (χ1n) is 10.7. The van der Waals surface area contributed by atoms with Gasteiger partial charge >= 0.3 is 0 Å². The Balaban J connectivity index is 1.40. The van der Waals surface area contributed by atoms with Crippen molar-refractivity contribution < 1.29 is 18.0 Å². The molecule has 4 rings (SSSR count). The highest BCUT2D eigenvalue weighted by atomic mass is 32.2. The Morgan fingerprint density at radius 2 is 1.81 bits per heavy atom. The number of hydrogen-bond donors (Lipinski definition) is 2. The summed E-state index contributed by atoms with van der Waals surface area (Å²) >= 11 is 0. The Kier molecular flexibility index (Phi) is 6.43. The highest BCUT2D eigenvalue weighted by Gasteiger charge is 2.34. The fourth-order valence-electron chi connectivity index (χ4n) is 4.19. The van der Waals surface area contributed by atoms with Crippen molar-refractivity contribution in [3.05, 3.63) is 53.9 Å². The molecular weight excluding hydrogens is 416 g/mol.